The third-order valence-electron chi connectivity index (χ3n) is 5.56. The molecule has 1 fully saturated rings. The first kappa shape index (κ1) is 21.1. The first-order valence-electron chi connectivity index (χ1n) is 10.0. The minimum Gasteiger partial charge on any atom is -0.394 e. The molecule has 0 bridgehead atoms. The SMILES string of the molecule is C[C@H](O)[C@@H](CO)NC(=O)c1cnn2ccc(N3CCC[C@@H]3c3cc(F)ccc3F)nc12. The molecule has 3 atom stereocenters. The van der Waals surface area contributed by atoms with E-state index in [4.69, 9.17) is 0 Å². The van der Waals surface area contributed by atoms with Gasteiger partial charge in [0.2, 0.25) is 0 Å². The van der Waals surface area contributed by atoms with Crippen LogP contribution in [-0.4, -0.2) is 56.0 Å². The van der Waals surface area contributed by atoms with E-state index in [1.54, 1.807) is 12.3 Å². The first-order valence-corrected chi connectivity index (χ1v) is 10.0. The van der Waals surface area contributed by atoms with Gasteiger partial charge in [0.05, 0.1) is 31.0 Å². The maximum Gasteiger partial charge on any atom is 0.257 e. The number of carbonyl (C=O) groups is 1. The predicted molar refractivity (Wildman–Crippen MR) is 109 cm³/mol. The van der Waals surface area contributed by atoms with Crippen molar-refractivity contribution in [1.82, 2.24) is 19.9 Å². The molecule has 0 unspecified atom stereocenters. The molecule has 3 heterocycles. The van der Waals surface area contributed by atoms with E-state index < -0.39 is 36.3 Å². The molecule has 10 heteroatoms. The van der Waals surface area contributed by atoms with Crippen molar-refractivity contribution >= 4 is 17.4 Å². The Bertz CT molecular complexity index is 1100. The number of fused-ring (bicyclic) bond motifs is 1. The van der Waals surface area contributed by atoms with Crippen LogP contribution in [0, 0.1) is 11.6 Å². The smallest absolute Gasteiger partial charge is 0.257 e. The number of benzene rings is 1. The van der Waals surface area contributed by atoms with E-state index in [1.807, 2.05) is 4.90 Å². The Kier molecular flexibility index (Phi) is 5.84. The number of anilines is 1. The zero-order valence-corrected chi connectivity index (χ0v) is 16.9. The topological polar surface area (TPSA) is 103 Å². The lowest BCUT2D eigenvalue weighted by molar-refractivity contribution is 0.0759. The van der Waals surface area contributed by atoms with Crippen LogP contribution in [0.2, 0.25) is 0 Å². The fourth-order valence-corrected chi connectivity index (χ4v) is 3.88. The highest BCUT2D eigenvalue weighted by Gasteiger charge is 2.30. The minimum absolute atomic E-state index is 0.175. The fraction of sp³-hybridized carbons (Fsp3) is 0.381. The molecule has 4 rings (SSSR count). The molecule has 3 N–H and O–H groups in total. The third kappa shape index (κ3) is 4.08. The predicted octanol–water partition coefficient (Wildman–Crippen LogP) is 1.82. The van der Waals surface area contributed by atoms with E-state index in [0.29, 0.717) is 18.8 Å². The molecular formula is C21H23F2N5O3. The first-order chi connectivity index (χ1) is 14.9. The molecule has 1 saturated heterocycles. The highest BCUT2D eigenvalue weighted by molar-refractivity contribution is 6.00. The summed E-state index contributed by atoms with van der Waals surface area (Å²) in [7, 11) is 0. The van der Waals surface area contributed by atoms with Gasteiger partial charge < -0.3 is 20.4 Å². The minimum atomic E-state index is -0.939. The van der Waals surface area contributed by atoms with E-state index >= 15 is 0 Å². The van der Waals surface area contributed by atoms with Crippen LogP contribution in [0.3, 0.4) is 0 Å². The van der Waals surface area contributed by atoms with Gasteiger partial charge in [-0.2, -0.15) is 5.10 Å². The van der Waals surface area contributed by atoms with Crippen LogP contribution in [0.15, 0.2) is 36.7 Å². The molecule has 31 heavy (non-hydrogen) atoms. The Labute approximate surface area is 177 Å². The van der Waals surface area contributed by atoms with Gasteiger partial charge in [0.15, 0.2) is 5.65 Å². The molecule has 1 aliphatic heterocycles. The molecule has 0 saturated carbocycles. The summed E-state index contributed by atoms with van der Waals surface area (Å²) in [5.74, 6) is -0.994. The van der Waals surface area contributed by atoms with Gasteiger partial charge in [-0.05, 0) is 44.0 Å². The maximum absolute atomic E-state index is 14.4. The van der Waals surface area contributed by atoms with Crippen molar-refractivity contribution in [3.05, 3.63) is 59.4 Å². The zero-order valence-electron chi connectivity index (χ0n) is 16.9. The summed E-state index contributed by atoms with van der Waals surface area (Å²) in [6.07, 6.45) is 3.49. The van der Waals surface area contributed by atoms with Gasteiger partial charge in [-0.3, -0.25) is 4.79 Å². The summed E-state index contributed by atoms with van der Waals surface area (Å²) in [5.41, 5.74) is 0.727. The van der Waals surface area contributed by atoms with Gasteiger partial charge in [0.25, 0.3) is 5.91 Å². The molecule has 3 aromatic rings. The normalized spacial score (nSPS) is 18.4. The van der Waals surface area contributed by atoms with E-state index in [0.717, 1.165) is 18.6 Å². The van der Waals surface area contributed by atoms with Gasteiger partial charge in [-0.25, -0.2) is 18.3 Å². The van der Waals surface area contributed by atoms with Crippen molar-refractivity contribution in [2.45, 2.75) is 38.0 Å². The van der Waals surface area contributed by atoms with E-state index in [1.165, 1.54) is 23.7 Å². The Balaban J connectivity index is 1.67. The molecular weight excluding hydrogens is 408 g/mol. The summed E-state index contributed by atoms with van der Waals surface area (Å²) in [6.45, 7) is 1.65. The van der Waals surface area contributed by atoms with Crippen LogP contribution >= 0.6 is 0 Å². The highest BCUT2D eigenvalue weighted by Crippen LogP contribution is 2.36. The van der Waals surface area contributed by atoms with E-state index in [2.05, 4.69) is 15.4 Å². The summed E-state index contributed by atoms with van der Waals surface area (Å²) >= 11 is 0. The van der Waals surface area contributed by atoms with Gasteiger partial charge >= 0.3 is 0 Å². The van der Waals surface area contributed by atoms with Crippen molar-refractivity contribution in [3.8, 4) is 0 Å². The monoisotopic (exact) mass is 431 g/mol. The molecule has 1 aromatic carbocycles. The van der Waals surface area contributed by atoms with Gasteiger partial charge in [0, 0.05) is 18.3 Å². The lowest BCUT2D eigenvalue weighted by atomic mass is 10.0. The van der Waals surface area contributed by atoms with Crippen molar-refractivity contribution in [2.24, 2.45) is 0 Å². The average Bonchev–Trinajstić information content (AvgIpc) is 3.40. The molecule has 1 aliphatic rings. The van der Waals surface area contributed by atoms with Crippen LogP contribution in [0.1, 0.15) is 41.7 Å². The van der Waals surface area contributed by atoms with E-state index in [9.17, 15) is 23.8 Å². The molecule has 0 aliphatic carbocycles. The number of hydrogen-bond donors (Lipinski definition) is 3. The number of rotatable bonds is 6. The van der Waals surface area contributed by atoms with Crippen LogP contribution in [0.5, 0.6) is 0 Å². The second-order valence-corrected chi connectivity index (χ2v) is 7.63. The molecule has 1 amide bonds. The molecule has 164 valence electrons. The summed E-state index contributed by atoms with van der Waals surface area (Å²) in [6, 6.07) is 3.93. The molecule has 0 spiro atoms. The van der Waals surface area contributed by atoms with Crippen molar-refractivity contribution in [2.75, 3.05) is 18.1 Å². The summed E-state index contributed by atoms with van der Waals surface area (Å²) in [5, 5.41) is 25.7. The Morgan fingerprint density at radius 3 is 2.90 bits per heavy atom. The van der Waals surface area contributed by atoms with Crippen LogP contribution in [-0.2, 0) is 0 Å². The zero-order chi connectivity index (χ0) is 22.1. The Morgan fingerprint density at radius 1 is 1.35 bits per heavy atom. The lowest BCUT2D eigenvalue weighted by Gasteiger charge is -2.26. The van der Waals surface area contributed by atoms with Crippen LogP contribution in [0.25, 0.3) is 5.65 Å². The summed E-state index contributed by atoms with van der Waals surface area (Å²) in [4.78, 5) is 19.1. The number of aromatic nitrogens is 3. The lowest BCUT2D eigenvalue weighted by Crippen LogP contribution is -2.44. The number of hydrogen-bond acceptors (Lipinski definition) is 6. The van der Waals surface area contributed by atoms with Crippen molar-refractivity contribution in [3.63, 3.8) is 0 Å². The maximum atomic E-state index is 14.4. The molecule has 2 aromatic heterocycles. The number of aliphatic hydroxyl groups is 2. The summed E-state index contributed by atoms with van der Waals surface area (Å²) < 4.78 is 29.6. The number of aliphatic hydroxyl groups excluding tert-OH is 2. The highest BCUT2D eigenvalue weighted by atomic mass is 19.1. The van der Waals surface area contributed by atoms with Crippen LogP contribution in [0.4, 0.5) is 14.6 Å². The number of halogens is 2. The quantitative estimate of drug-likeness (QED) is 0.550. The molecule has 8 nitrogen and oxygen atoms in total. The van der Waals surface area contributed by atoms with Gasteiger partial charge in [-0.15, -0.1) is 0 Å². The second-order valence-electron chi connectivity index (χ2n) is 7.63. The Hall–Kier alpha value is -3.11. The van der Waals surface area contributed by atoms with E-state index in [-0.39, 0.29) is 22.8 Å². The number of amides is 1. The molecule has 0 radical (unpaired) electrons. The second kappa shape index (κ2) is 8.56. The van der Waals surface area contributed by atoms with Gasteiger partial charge in [-0.1, -0.05) is 0 Å². The number of carbonyl (C=O) groups excluding carboxylic acids is 1. The van der Waals surface area contributed by atoms with Crippen molar-refractivity contribution in [1.29, 1.82) is 0 Å². The fourth-order valence-electron chi connectivity index (χ4n) is 3.88. The largest absolute Gasteiger partial charge is 0.394 e. The average molecular weight is 431 g/mol. The standard InChI is InChI=1S/C21H23F2N5O3/c1-12(30)17(11-29)25-21(31)15-10-24-28-8-6-19(26-20(15)28)27-7-2-3-18(27)14-9-13(22)4-5-16(14)23/h4-6,8-10,12,17-18,29-30H,2-3,7,11H2,1H3,(H,25,31)/t12-,17+,18+/m0/s1. The number of nitrogens with one attached hydrogen (secondary N) is 1. The third-order valence-corrected chi connectivity index (χ3v) is 5.56. The van der Waals surface area contributed by atoms with Crippen LogP contribution < -0.4 is 10.2 Å². The Morgan fingerprint density at radius 2 is 2.16 bits per heavy atom. The number of nitrogens with zero attached hydrogens (tertiary/aromatic N) is 4. The van der Waals surface area contributed by atoms with Gasteiger partial charge in [0.1, 0.15) is 23.0 Å². The van der Waals surface area contributed by atoms with Crippen molar-refractivity contribution < 1.29 is 23.8 Å².